The summed E-state index contributed by atoms with van der Waals surface area (Å²) < 4.78 is 5.91. The highest BCUT2D eigenvalue weighted by atomic mass is 16.5. The third kappa shape index (κ3) is 2.83. The molecule has 0 saturated heterocycles. The molecule has 0 radical (unpaired) electrons. The van der Waals surface area contributed by atoms with Gasteiger partial charge in [0.05, 0.1) is 18.3 Å². The van der Waals surface area contributed by atoms with Crippen LogP contribution in [0.3, 0.4) is 0 Å². The zero-order valence-electron chi connectivity index (χ0n) is 11.3. The molecule has 1 unspecified atom stereocenters. The van der Waals surface area contributed by atoms with Crippen molar-refractivity contribution in [1.29, 1.82) is 0 Å². The molecule has 1 aliphatic heterocycles. The molecule has 1 aliphatic carbocycles. The van der Waals surface area contributed by atoms with E-state index in [4.69, 9.17) is 10.5 Å². The van der Waals surface area contributed by atoms with Gasteiger partial charge >= 0.3 is 0 Å². The normalized spacial score (nSPS) is 34.8. The average Bonchev–Trinajstić information content (AvgIpc) is 2.43. The summed E-state index contributed by atoms with van der Waals surface area (Å²) in [6.45, 7) is 0.761. The maximum absolute atomic E-state index is 10.7. The van der Waals surface area contributed by atoms with E-state index in [-0.39, 0.29) is 12.1 Å². The number of fused-ring (bicyclic) bond motifs is 1. The minimum atomic E-state index is -0.592. The van der Waals surface area contributed by atoms with Crippen LogP contribution in [0.2, 0.25) is 0 Å². The number of rotatable bonds is 2. The van der Waals surface area contributed by atoms with Crippen molar-refractivity contribution in [2.24, 2.45) is 5.73 Å². The summed E-state index contributed by atoms with van der Waals surface area (Å²) in [7, 11) is 0. The third-order valence-electron chi connectivity index (χ3n) is 4.62. The van der Waals surface area contributed by atoms with Crippen LogP contribution in [-0.4, -0.2) is 23.4 Å². The van der Waals surface area contributed by atoms with E-state index in [0.29, 0.717) is 6.42 Å². The Bertz CT molecular complexity index is 438. The Morgan fingerprint density at radius 1 is 1.26 bits per heavy atom. The Balaban J connectivity index is 1.74. The van der Waals surface area contributed by atoms with Crippen molar-refractivity contribution >= 4 is 0 Å². The van der Waals surface area contributed by atoms with E-state index in [1.165, 1.54) is 11.1 Å². The van der Waals surface area contributed by atoms with Crippen LogP contribution in [-0.2, 0) is 11.2 Å². The van der Waals surface area contributed by atoms with Gasteiger partial charge in [0.1, 0.15) is 0 Å². The van der Waals surface area contributed by atoms with Gasteiger partial charge in [0.2, 0.25) is 0 Å². The summed E-state index contributed by atoms with van der Waals surface area (Å²) in [4.78, 5) is 0. The molecule has 1 aromatic rings. The molecule has 0 amide bonds. The average molecular weight is 261 g/mol. The first-order valence-electron chi connectivity index (χ1n) is 7.34. The molecule has 1 fully saturated rings. The monoisotopic (exact) mass is 261 g/mol. The molecular formula is C16H23NO2. The van der Waals surface area contributed by atoms with Gasteiger partial charge in [0.25, 0.3) is 0 Å². The second-order valence-corrected chi connectivity index (χ2v) is 6.07. The second-order valence-electron chi connectivity index (χ2n) is 6.07. The van der Waals surface area contributed by atoms with E-state index < -0.39 is 5.60 Å². The first kappa shape index (κ1) is 13.1. The Hall–Kier alpha value is -0.900. The smallest absolute Gasteiger partial charge is 0.0855 e. The van der Waals surface area contributed by atoms with Crippen molar-refractivity contribution in [2.45, 2.75) is 56.3 Å². The molecule has 0 spiro atoms. The molecule has 3 heteroatoms. The van der Waals surface area contributed by atoms with E-state index in [1.54, 1.807) is 0 Å². The molecule has 3 rings (SSSR count). The van der Waals surface area contributed by atoms with Crippen molar-refractivity contribution in [2.75, 3.05) is 6.61 Å². The maximum atomic E-state index is 10.7. The molecule has 1 aromatic carbocycles. The highest BCUT2D eigenvalue weighted by Crippen LogP contribution is 2.39. The lowest BCUT2D eigenvalue weighted by atomic mass is 9.77. The maximum Gasteiger partial charge on any atom is 0.0855 e. The molecule has 1 atom stereocenters. The minimum absolute atomic E-state index is 0.0456. The Morgan fingerprint density at radius 3 is 2.79 bits per heavy atom. The zero-order chi connectivity index (χ0) is 13.3. The number of hydrogen-bond donors (Lipinski definition) is 2. The highest BCUT2D eigenvalue weighted by molar-refractivity contribution is 5.31. The van der Waals surface area contributed by atoms with Crippen LogP contribution < -0.4 is 5.73 Å². The van der Waals surface area contributed by atoms with Crippen molar-refractivity contribution in [3.8, 4) is 0 Å². The number of benzene rings is 1. The van der Waals surface area contributed by atoms with Gasteiger partial charge in [0, 0.05) is 12.5 Å². The molecule has 19 heavy (non-hydrogen) atoms. The fourth-order valence-electron chi connectivity index (χ4n) is 3.37. The van der Waals surface area contributed by atoms with Crippen LogP contribution in [0.25, 0.3) is 0 Å². The standard InChI is InChI=1S/C16H23NO2/c17-13-5-8-16(18,9-6-13)11-15-14-4-2-1-3-12(14)7-10-19-15/h1-4,13,15,18H,5-11,17H2. The summed E-state index contributed by atoms with van der Waals surface area (Å²) in [5, 5.41) is 10.7. The van der Waals surface area contributed by atoms with Gasteiger partial charge < -0.3 is 15.6 Å². The largest absolute Gasteiger partial charge is 0.390 e. The summed E-state index contributed by atoms with van der Waals surface area (Å²) in [6, 6.07) is 8.71. The van der Waals surface area contributed by atoms with Crippen LogP contribution in [0.1, 0.15) is 49.3 Å². The third-order valence-corrected chi connectivity index (χ3v) is 4.62. The predicted molar refractivity (Wildman–Crippen MR) is 74.8 cm³/mol. The van der Waals surface area contributed by atoms with Crippen LogP contribution in [0.5, 0.6) is 0 Å². The number of nitrogens with two attached hydrogens (primary N) is 1. The molecule has 0 bridgehead atoms. The first-order valence-corrected chi connectivity index (χ1v) is 7.34. The highest BCUT2D eigenvalue weighted by Gasteiger charge is 2.36. The van der Waals surface area contributed by atoms with Gasteiger partial charge in [-0.1, -0.05) is 24.3 Å². The summed E-state index contributed by atoms with van der Waals surface area (Å²) in [5.74, 6) is 0. The van der Waals surface area contributed by atoms with Gasteiger partial charge in [-0.2, -0.15) is 0 Å². The Kier molecular flexibility index (Phi) is 3.61. The van der Waals surface area contributed by atoms with E-state index >= 15 is 0 Å². The number of aliphatic hydroxyl groups is 1. The van der Waals surface area contributed by atoms with Crippen molar-refractivity contribution in [3.63, 3.8) is 0 Å². The van der Waals surface area contributed by atoms with Gasteiger partial charge in [-0.3, -0.25) is 0 Å². The lowest BCUT2D eigenvalue weighted by Gasteiger charge is -2.38. The molecule has 0 aromatic heterocycles. The minimum Gasteiger partial charge on any atom is -0.390 e. The molecule has 3 N–H and O–H groups in total. The Morgan fingerprint density at radius 2 is 2.00 bits per heavy atom. The summed E-state index contributed by atoms with van der Waals surface area (Å²) in [5.41, 5.74) is 7.96. The fraction of sp³-hybridized carbons (Fsp3) is 0.625. The van der Waals surface area contributed by atoms with Gasteiger partial charge in [-0.15, -0.1) is 0 Å². The SMILES string of the molecule is NC1CCC(O)(CC2OCCc3ccccc32)CC1. The molecule has 3 nitrogen and oxygen atoms in total. The van der Waals surface area contributed by atoms with Crippen LogP contribution >= 0.6 is 0 Å². The van der Waals surface area contributed by atoms with E-state index in [0.717, 1.165) is 38.7 Å². The number of ether oxygens (including phenoxy) is 1. The topological polar surface area (TPSA) is 55.5 Å². The summed E-state index contributed by atoms with van der Waals surface area (Å²) >= 11 is 0. The van der Waals surface area contributed by atoms with Crippen LogP contribution in [0.4, 0.5) is 0 Å². The second kappa shape index (κ2) is 5.23. The molecule has 104 valence electrons. The number of hydrogen-bond acceptors (Lipinski definition) is 3. The molecule has 1 heterocycles. The van der Waals surface area contributed by atoms with Crippen molar-refractivity contribution in [3.05, 3.63) is 35.4 Å². The van der Waals surface area contributed by atoms with Crippen molar-refractivity contribution in [1.82, 2.24) is 0 Å². The van der Waals surface area contributed by atoms with E-state index in [1.807, 2.05) is 0 Å². The predicted octanol–water partition coefficient (Wildman–Crippen LogP) is 2.32. The van der Waals surface area contributed by atoms with Crippen LogP contribution in [0, 0.1) is 0 Å². The van der Waals surface area contributed by atoms with Gasteiger partial charge in [-0.05, 0) is 43.2 Å². The lowest BCUT2D eigenvalue weighted by Crippen LogP contribution is -2.40. The van der Waals surface area contributed by atoms with Crippen LogP contribution in [0.15, 0.2) is 24.3 Å². The fourth-order valence-corrected chi connectivity index (χ4v) is 3.37. The van der Waals surface area contributed by atoms with E-state index in [9.17, 15) is 5.11 Å². The lowest BCUT2D eigenvalue weighted by molar-refractivity contribution is -0.0661. The zero-order valence-corrected chi connectivity index (χ0v) is 11.3. The van der Waals surface area contributed by atoms with E-state index in [2.05, 4.69) is 24.3 Å². The Labute approximate surface area is 114 Å². The summed E-state index contributed by atoms with van der Waals surface area (Å²) in [6.07, 6.45) is 5.18. The molecule has 2 aliphatic rings. The van der Waals surface area contributed by atoms with Gasteiger partial charge in [-0.25, -0.2) is 0 Å². The van der Waals surface area contributed by atoms with Gasteiger partial charge in [0.15, 0.2) is 0 Å². The van der Waals surface area contributed by atoms with Crippen molar-refractivity contribution < 1.29 is 9.84 Å². The molecular weight excluding hydrogens is 238 g/mol. The quantitative estimate of drug-likeness (QED) is 0.859. The molecule has 1 saturated carbocycles. The first-order chi connectivity index (χ1) is 9.16.